The molecule has 0 radical (unpaired) electrons. The quantitative estimate of drug-likeness (QED) is 0.154. The van der Waals surface area contributed by atoms with Gasteiger partial charge in [0.05, 0.1) is 11.2 Å². The minimum atomic E-state index is -0.206. The predicted molar refractivity (Wildman–Crippen MR) is 503 cm³/mol. The Kier molecular flexibility index (Phi) is 15.9. The van der Waals surface area contributed by atoms with E-state index in [4.69, 9.17) is 37.6 Å². The van der Waals surface area contributed by atoms with Gasteiger partial charge in [-0.3, -0.25) is 4.98 Å². The van der Waals surface area contributed by atoms with E-state index < -0.39 is 0 Å². The van der Waals surface area contributed by atoms with Gasteiger partial charge in [0.2, 0.25) is 0 Å². The monoisotopic (exact) mass is 1580 g/mol. The van der Waals surface area contributed by atoms with Crippen LogP contribution in [0.3, 0.4) is 0 Å². The Labute approximate surface area is 708 Å². The van der Waals surface area contributed by atoms with Gasteiger partial charge in [-0.1, -0.05) is 308 Å². The molecule has 0 aliphatic heterocycles. The second-order valence-corrected chi connectivity index (χ2v) is 34.3. The van der Waals surface area contributed by atoms with E-state index in [1.165, 1.54) is 105 Å². The Morgan fingerprint density at radius 2 is 0.756 bits per heavy atom. The second-order valence-electron chi connectivity index (χ2n) is 34.3. The summed E-state index contributed by atoms with van der Waals surface area (Å²) >= 11 is 0. The third kappa shape index (κ3) is 11.1. The molecule has 7 aromatic heterocycles. The lowest BCUT2D eigenvalue weighted by Crippen LogP contribution is -2.15. The number of rotatable bonds is 7. The minimum absolute atomic E-state index is 0.119. The lowest BCUT2D eigenvalue weighted by atomic mass is 9.79. The van der Waals surface area contributed by atoms with Crippen molar-refractivity contribution in [3.8, 4) is 112 Å². The van der Waals surface area contributed by atoms with E-state index >= 15 is 0 Å². The first-order valence-electron chi connectivity index (χ1n) is 42.2. The highest BCUT2D eigenvalue weighted by Crippen LogP contribution is 2.59. The maximum Gasteiger partial charge on any atom is 0.180 e. The zero-order valence-corrected chi connectivity index (χ0v) is 68.4. The maximum absolute atomic E-state index is 6.74. The molecule has 3 aliphatic rings. The molecule has 0 atom stereocenters. The van der Waals surface area contributed by atoms with E-state index in [-0.39, 0.29) is 16.2 Å². The van der Waals surface area contributed by atoms with Crippen LogP contribution in [0.4, 0.5) is 0 Å². The van der Waals surface area contributed by atoms with Gasteiger partial charge in [-0.25, -0.2) is 19.9 Å². The van der Waals surface area contributed by atoms with Crippen molar-refractivity contribution in [3.63, 3.8) is 0 Å². The topological polar surface area (TPSA) is 117 Å². The first kappa shape index (κ1) is 71.6. The highest BCUT2D eigenvalue weighted by Gasteiger charge is 2.42. The molecule has 7 heterocycles. The summed E-state index contributed by atoms with van der Waals surface area (Å²) in [6.07, 6.45) is 3.75. The van der Waals surface area contributed by atoms with Gasteiger partial charge >= 0.3 is 0 Å². The zero-order chi connectivity index (χ0) is 82.1. The summed E-state index contributed by atoms with van der Waals surface area (Å²) in [5.74, 6) is 1.41. The normalized spacial score (nSPS) is 13.6. The van der Waals surface area contributed by atoms with Gasteiger partial charge < -0.3 is 17.7 Å². The number of hydrogen-bond donors (Lipinski definition) is 0. The van der Waals surface area contributed by atoms with Crippen LogP contribution in [0.5, 0.6) is 0 Å². The first-order valence-corrected chi connectivity index (χ1v) is 42.2. The maximum atomic E-state index is 6.74. The molecule has 0 unspecified atom stereocenters. The molecular formula is C114H77N5O4. The van der Waals surface area contributed by atoms with Crippen LogP contribution in [0, 0.1) is 0 Å². The van der Waals surface area contributed by atoms with Gasteiger partial charge in [0.15, 0.2) is 17.2 Å². The lowest BCUT2D eigenvalue weighted by molar-refractivity contribution is 0.657. The van der Waals surface area contributed by atoms with Crippen LogP contribution >= 0.6 is 0 Å². The van der Waals surface area contributed by atoms with Crippen molar-refractivity contribution in [2.75, 3.05) is 0 Å². The van der Waals surface area contributed by atoms with Crippen LogP contribution in [-0.4, -0.2) is 24.9 Å². The third-order valence-electron chi connectivity index (χ3n) is 26.3. The molecule has 0 bridgehead atoms. The van der Waals surface area contributed by atoms with Gasteiger partial charge in [-0.15, -0.1) is 0 Å². The van der Waals surface area contributed by atoms with Gasteiger partial charge in [0.25, 0.3) is 0 Å². The molecule has 123 heavy (non-hydrogen) atoms. The fourth-order valence-electron chi connectivity index (χ4n) is 20.6. The van der Waals surface area contributed by atoms with Gasteiger partial charge in [-0.2, -0.15) is 0 Å². The van der Waals surface area contributed by atoms with Crippen LogP contribution in [-0.2, 0) is 16.2 Å². The Hall–Kier alpha value is -15.5. The Bertz CT molecular complexity index is 8350. The summed E-state index contributed by atoms with van der Waals surface area (Å²) in [6.45, 7) is 14.0. The van der Waals surface area contributed by atoms with E-state index in [1.54, 1.807) is 0 Å². The van der Waals surface area contributed by atoms with Crippen molar-refractivity contribution in [1.82, 2.24) is 24.9 Å². The molecular weight excluding hydrogens is 1500 g/mol. The van der Waals surface area contributed by atoms with Crippen LogP contribution in [0.25, 0.3) is 222 Å². The zero-order valence-electron chi connectivity index (χ0n) is 68.4. The van der Waals surface area contributed by atoms with Crippen molar-refractivity contribution in [3.05, 3.63) is 392 Å². The third-order valence-corrected chi connectivity index (χ3v) is 26.3. The van der Waals surface area contributed by atoms with Gasteiger partial charge in [0.1, 0.15) is 50.3 Å². The number of pyridine rings is 1. The van der Waals surface area contributed by atoms with E-state index in [0.29, 0.717) is 11.4 Å². The lowest BCUT2D eigenvalue weighted by Gasteiger charge is -2.23. The van der Waals surface area contributed by atoms with E-state index in [1.807, 2.05) is 116 Å². The fourth-order valence-corrected chi connectivity index (χ4v) is 20.6. The Morgan fingerprint density at radius 1 is 0.252 bits per heavy atom. The molecule has 582 valence electrons. The SMILES string of the molecule is CC1(C)c2cc(-c3cccc(-c4nc(-c5ccccc5)nc5c4oc4ccccc45)c3)ccc2-c2ccc3oc4ccccc4c3c21.CC1(C)c2ccccc2-c2c(-c3ccc(-c4ccccn4)cc3)cc3oc4ccccc4c3c21.CC1(C)c2ccccc2-c2ccc3oc4c(-c5ccc(-c6ncc7ccccc7n6)c6ccccc56)cccc4c3c21. The largest absolute Gasteiger partial charge is 0.456 e. The minimum Gasteiger partial charge on any atom is -0.456 e. The number of fused-ring (bicyclic) bond motifs is 26. The number of nitrogens with zero attached hydrogens (tertiary/aromatic N) is 5. The summed E-state index contributed by atoms with van der Waals surface area (Å²) in [4.78, 5) is 24.3. The summed E-state index contributed by atoms with van der Waals surface area (Å²) < 4.78 is 25.9. The average molecular weight is 1580 g/mol. The van der Waals surface area contributed by atoms with E-state index in [0.717, 1.165) is 139 Å². The van der Waals surface area contributed by atoms with Crippen molar-refractivity contribution in [1.29, 1.82) is 0 Å². The van der Waals surface area contributed by atoms with Crippen molar-refractivity contribution in [2.24, 2.45) is 0 Å². The molecule has 16 aromatic carbocycles. The molecule has 0 saturated heterocycles. The van der Waals surface area contributed by atoms with Crippen molar-refractivity contribution < 1.29 is 17.7 Å². The van der Waals surface area contributed by atoms with Gasteiger partial charge in [0, 0.05) is 99.5 Å². The number of hydrogen-bond acceptors (Lipinski definition) is 9. The number of aromatic nitrogens is 5. The molecule has 26 rings (SSSR count). The molecule has 9 nitrogen and oxygen atoms in total. The highest BCUT2D eigenvalue weighted by atomic mass is 16.3. The average Bonchev–Trinajstić information content (AvgIpc) is 1.55. The van der Waals surface area contributed by atoms with E-state index in [9.17, 15) is 0 Å². The molecule has 3 aliphatic carbocycles. The highest BCUT2D eigenvalue weighted by molar-refractivity contribution is 6.18. The fraction of sp³-hybridized carbons (Fsp3) is 0.0789. The molecule has 0 amide bonds. The number of para-hydroxylation sites is 5. The van der Waals surface area contributed by atoms with Crippen LogP contribution in [0.15, 0.2) is 376 Å². The van der Waals surface area contributed by atoms with Gasteiger partial charge in [-0.05, 0) is 184 Å². The Morgan fingerprint density at radius 3 is 1.50 bits per heavy atom. The summed E-state index contributed by atoms with van der Waals surface area (Å²) in [5.41, 5.74) is 37.2. The van der Waals surface area contributed by atoms with E-state index in [2.05, 4.69) is 289 Å². The van der Waals surface area contributed by atoms with Crippen molar-refractivity contribution >= 4 is 110 Å². The summed E-state index contributed by atoms with van der Waals surface area (Å²) in [6, 6.07) is 121. The van der Waals surface area contributed by atoms with Crippen molar-refractivity contribution in [2.45, 2.75) is 57.8 Å². The summed E-state index contributed by atoms with van der Waals surface area (Å²) in [5, 5.41) is 11.5. The first-order chi connectivity index (χ1) is 60.3. The van der Waals surface area contributed by atoms with Crippen LogP contribution in [0.2, 0.25) is 0 Å². The molecule has 23 aromatic rings. The molecule has 0 saturated carbocycles. The molecule has 9 heteroatoms. The predicted octanol–water partition coefficient (Wildman–Crippen LogP) is 30.5. The Balaban J connectivity index is 0.000000105. The smallest absolute Gasteiger partial charge is 0.180 e. The number of furan rings is 4. The second kappa shape index (κ2) is 27.3. The summed E-state index contributed by atoms with van der Waals surface area (Å²) in [7, 11) is 0. The number of benzene rings is 16. The molecule has 0 fully saturated rings. The standard InChI is InChI=1S/C43H28N2O2.C39H26N2O.C32H23NO/c1-43(2)33-24-27(19-20-29(33)30-21-22-36-37(38(30)43)31-15-6-8-17-34(31)46-36)26-13-10-14-28(23-26)39-41-40(32-16-7-9-18-35(32)47-41)45-42(44-39)25-11-4-3-5-12-25;1-39(2)32-16-7-6-13-27(32)28-20-21-34-35(36(28)39)31-15-9-14-29(37(31)42-34)26-18-19-30(25-12-5-4-11-24(25)26)38-40-22-23-10-3-8-17-33(23)41-38;1-32(2)25-11-5-3-9-22(25)29-24(20-14-16-21(17-15-20)26-12-7-8-18-33-26)19-28-30(31(29)32)23-10-4-6-13-27(23)34-28/h3-24H,1-2H3;3-22H,1-2H3;3-19H,1-2H3. The van der Waals surface area contributed by atoms with Crippen LogP contribution < -0.4 is 0 Å². The van der Waals surface area contributed by atoms with Crippen LogP contribution in [0.1, 0.15) is 74.9 Å². The molecule has 0 spiro atoms. The molecule has 0 N–H and O–H groups in total.